The van der Waals surface area contributed by atoms with E-state index in [1.165, 1.54) is 13.8 Å². The zero-order valence-corrected chi connectivity index (χ0v) is 35.9. The Labute approximate surface area is 367 Å². The van der Waals surface area contributed by atoms with E-state index in [1.807, 2.05) is 0 Å². The monoisotopic (exact) mass is 916 g/mol. The molecule has 0 aliphatic rings. The van der Waals surface area contributed by atoms with Gasteiger partial charge in [-0.2, -0.15) is 0 Å². The lowest BCUT2D eigenvalue weighted by atomic mass is 10.1. The molecule has 0 saturated heterocycles. The van der Waals surface area contributed by atoms with E-state index in [1.54, 1.807) is 0 Å². The number of carboxylic acids is 2. The van der Waals surface area contributed by atoms with Gasteiger partial charge in [-0.15, -0.1) is 0 Å². The number of carbonyl (C=O) groups excluding carboxylic acids is 9. The Hall–Kier alpha value is -6.68. The summed E-state index contributed by atoms with van der Waals surface area (Å²) in [5.41, 5.74) is 32.4. The molecule has 0 rings (SSSR count). The Bertz CT molecular complexity index is 1690. The van der Waals surface area contributed by atoms with Crippen molar-refractivity contribution >= 4 is 71.1 Å². The van der Waals surface area contributed by atoms with Gasteiger partial charge in [0.15, 0.2) is 5.96 Å². The van der Waals surface area contributed by atoms with Crippen molar-refractivity contribution in [3.63, 3.8) is 0 Å². The first-order valence-corrected chi connectivity index (χ1v) is 20.1. The predicted octanol–water partition coefficient (Wildman–Crippen LogP) is -7.60. The van der Waals surface area contributed by atoms with Gasteiger partial charge in [-0.25, -0.2) is 4.79 Å². The Morgan fingerprint density at radius 2 is 1.02 bits per heavy atom. The van der Waals surface area contributed by atoms with Gasteiger partial charge in [-0.3, -0.25) is 52.9 Å². The summed E-state index contributed by atoms with van der Waals surface area (Å²) >= 11 is 0. The lowest BCUT2D eigenvalue weighted by Crippen LogP contribution is -2.60. The lowest BCUT2D eigenvalue weighted by molar-refractivity contribution is -0.143. The molecule has 22 N–H and O–H groups in total. The van der Waals surface area contributed by atoms with E-state index >= 15 is 0 Å². The average molecular weight is 917 g/mol. The number of nitrogens with one attached hydrogen (secondary N) is 7. The summed E-state index contributed by atoms with van der Waals surface area (Å²) in [5, 5.41) is 44.6. The van der Waals surface area contributed by atoms with Crippen LogP contribution < -0.4 is 71.6 Å². The Morgan fingerprint density at radius 1 is 0.531 bits per heavy atom. The summed E-state index contributed by atoms with van der Waals surface area (Å²) in [7, 11) is 0. The number of rotatable bonds is 32. The quantitative estimate of drug-likeness (QED) is 0.0169. The molecule has 0 unspecified atom stereocenters. The minimum absolute atomic E-state index is 0.00905. The molecular formula is C36H64N14O14. The van der Waals surface area contributed by atoms with Crippen molar-refractivity contribution in [3.8, 4) is 0 Å². The highest BCUT2D eigenvalue weighted by Crippen LogP contribution is 2.07. The number of aliphatic hydroxyl groups is 1. The van der Waals surface area contributed by atoms with Crippen molar-refractivity contribution in [1.29, 1.82) is 0 Å². The van der Waals surface area contributed by atoms with Crippen LogP contribution in [0.25, 0.3) is 0 Å². The van der Waals surface area contributed by atoms with E-state index in [9.17, 15) is 63.0 Å². The van der Waals surface area contributed by atoms with Crippen LogP contribution in [0.1, 0.15) is 85.0 Å². The molecule has 0 fully saturated rings. The minimum atomic E-state index is -1.77. The van der Waals surface area contributed by atoms with Crippen molar-refractivity contribution in [2.75, 3.05) is 13.1 Å². The summed E-state index contributed by atoms with van der Waals surface area (Å²) < 4.78 is 0. The minimum Gasteiger partial charge on any atom is -0.481 e. The molecule has 0 spiro atoms. The molecule has 0 heterocycles. The predicted molar refractivity (Wildman–Crippen MR) is 224 cm³/mol. The standard InChI is InChI=1S/C36H64N14O14/c1-16(44-30(58)19(38)9-12-26(54)55)28(56)49-23(15-25(40)53)33(61)47-21(10-11-24(39)52)32(60)46-20(8-6-14-43-36(41)42)31(59)45-17(2)29(57)50-27(18(3)51)34(62)48-22(35(63)64)7-4-5-13-37/h16-23,27,51H,4-15,37-38H2,1-3H3,(H2,39,52)(H2,40,53)(H,44,58)(H,45,59)(H,46,60)(H,47,61)(H,48,62)(H,49,56)(H,50,57)(H,54,55)(H,63,64)(H4,41,42,43)/t16-,17-,18+,19-,20-,21-,22-,23-,27-/m0/s1. The van der Waals surface area contributed by atoms with Crippen molar-refractivity contribution < 1.29 is 68.1 Å². The number of nitrogens with zero attached hydrogens (tertiary/aromatic N) is 1. The zero-order chi connectivity index (χ0) is 49.3. The van der Waals surface area contributed by atoms with Gasteiger partial charge in [0, 0.05) is 19.4 Å². The van der Waals surface area contributed by atoms with Crippen LogP contribution >= 0.6 is 0 Å². The third-order valence-corrected chi connectivity index (χ3v) is 9.06. The van der Waals surface area contributed by atoms with E-state index in [0.29, 0.717) is 12.8 Å². The topological polar surface area (TPSA) is 501 Å². The first-order chi connectivity index (χ1) is 29.8. The molecule has 28 heteroatoms. The van der Waals surface area contributed by atoms with Crippen LogP contribution in [-0.2, 0) is 52.7 Å². The first kappa shape index (κ1) is 57.3. The van der Waals surface area contributed by atoms with Crippen LogP contribution in [0.4, 0.5) is 0 Å². The third-order valence-electron chi connectivity index (χ3n) is 9.06. The maximum atomic E-state index is 13.7. The number of carboxylic acid groups (broad SMARTS) is 2. The number of carbonyl (C=O) groups is 11. The second-order valence-corrected chi connectivity index (χ2v) is 14.7. The zero-order valence-electron chi connectivity index (χ0n) is 35.9. The molecule has 0 aliphatic carbocycles. The maximum Gasteiger partial charge on any atom is 0.326 e. The Kier molecular flexibility index (Phi) is 26.5. The van der Waals surface area contributed by atoms with Crippen LogP contribution in [0.5, 0.6) is 0 Å². The average Bonchev–Trinajstić information content (AvgIpc) is 3.19. The molecule has 64 heavy (non-hydrogen) atoms. The number of aliphatic hydroxyl groups excluding tert-OH is 1. The molecule has 0 radical (unpaired) electrons. The number of hydrogen-bond donors (Lipinski definition) is 16. The van der Waals surface area contributed by atoms with Gasteiger partial charge in [-0.05, 0) is 72.3 Å². The number of hydrogen-bond acceptors (Lipinski definition) is 15. The largest absolute Gasteiger partial charge is 0.481 e. The lowest BCUT2D eigenvalue weighted by Gasteiger charge is -2.27. The molecule has 362 valence electrons. The van der Waals surface area contributed by atoms with Crippen LogP contribution in [0, 0.1) is 0 Å². The highest BCUT2D eigenvalue weighted by atomic mass is 16.4. The molecule has 0 aromatic rings. The number of primary amides is 2. The van der Waals surface area contributed by atoms with E-state index in [4.69, 9.17) is 39.5 Å². The van der Waals surface area contributed by atoms with Gasteiger partial charge in [0.1, 0.15) is 42.3 Å². The van der Waals surface area contributed by atoms with E-state index in [0.717, 1.165) is 6.92 Å². The number of nitrogens with two attached hydrogens (primary N) is 6. The van der Waals surface area contributed by atoms with Gasteiger partial charge < -0.3 is 86.9 Å². The highest BCUT2D eigenvalue weighted by molar-refractivity contribution is 5.98. The molecular weight excluding hydrogens is 852 g/mol. The van der Waals surface area contributed by atoms with Crippen molar-refractivity contribution in [2.24, 2.45) is 39.4 Å². The number of unbranched alkanes of at least 4 members (excludes halogenated alkanes) is 1. The number of guanidine groups is 1. The Morgan fingerprint density at radius 3 is 1.52 bits per heavy atom. The maximum absolute atomic E-state index is 13.7. The van der Waals surface area contributed by atoms with Gasteiger partial charge in [0.2, 0.25) is 53.2 Å². The number of aliphatic imine (C=N–C) groups is 1. The fourth-order valence-corrected chi connectivity index (χ4v) is 5.45. The Balaban J connectivity index is 6.28. The van der Waals surface area contributed by atoms with Crippen molar-refractivity contribution in [1.82, 2.24) is 37.2 Å². The fraction of sp³-hybridized carbons (Fsp3) is 0.667. The number of aliphatic carboxylic acids is 2. The van der Waals surface area contributed by atoms with Gasteiger partial charge >= 0.3 is 11.9 Å². The summed E-state index contributed by atoms with van der Waals surface area (Å²) in [6.07, 6.45) is -3.38. The molecule has 28 nitrogen and oxygen atoms in total. The van der Waals surface area contributed by atoms with Crippen molar-refractivity contribution in [3.05, 3.63) is 0 Å². The summed E-state index contributed by atoms with van der Waals surface area (Å²) in [4.78, 5) is 142. The van der Waals surface area contributed by atoms with Crippen LogP contribution in [0.3, 0.4) is 0 Å². The van der Waals surface area contributed by atoms with E-state index < -0.39 is 145 Å². The van der Waals surface area contributed by atoms with Crippen LogP contribution in [-0.4, -0.2) is 154 Å². The second-order valence-electron chi connectivity index (χ2n) is 14.7. The fourth-order valence-electron chi connectivity index (χ4n) is 5.45. The highest BCUT2D eigenvalue weighted by Gasteiger charge is 2.34. The van der Waals surface area contributed by atoms with Gasteiger partial charge in [0.25, 0.3) is 0 Å². The third kappa shape index (κ3) is 23.5. The smallest absolute Gasteiger partial charge is 0.326 e. The molecule has 9 amide bonds. The van der Waals surface area contributed by atoms with Crippen LogP contribution in [0.2, 0.25) is 0 Å². The van der Waals surface area contributed by atoms with Crippen molar-refractivity contribution in [2.45, 2.75) is 139 Å². The molecule has 0 aromatic heterocycles. The molecule has 0 aromatic carbocycles. The molecule has 0 bridgehead atoms. The normalized spacial score (nSPS) is 15.0. The number of amides is 9. The van der Waals surface area contributed by atoms with Gasteiger partial charge in [-0.1, -0.05) is 0 Å². The SMILES string of the molecule is C[C@H](NC(=O)[C@H](CCCN=C(N)N)NC(=O)[C@H](CCC(N)=O)NC(=O)[C@H](CC(N)=O)NC(=O)[C@H](C)NC(=O)[C@@H](N)CCC(=O)O)C(=O)N[C@H](C(=O)N[C@@H](CCCCN)C(=O)O)[C@@H](C)O. The summed E-state index contributed by atoms with van der Waals surface area (Å²) in [5.74, 6) is -12.1. The summed E-state index contributed by atoms with van der Waals surface area (Å²) in [6, 6.07) is -12.2. The van der Waals surface area contributed by atoms with E-state index in [2.05, 4.69) is 42.2 Å². The second kappa shape index (κ2) is 29.6. The molecule has 0 aliphatic heterocycles. The molecule has 9 atom stereocenters. The van der Waals surface area contributed by atoms with Gasteiger partial charge in [0.05, 0.1) is 18.6 Å². The summed E-state index contributed by atoms with van der Waals surface area (Å²) in [6.45, 7) is 3.78. The van der Waals surface area contributed by atoms with E-state index in [-0.39, 0.29) is 44.7 Å². The molecule has 0 saturated carbocycles. The first-order valence-electron chi connectivity index (χ1n) is 20.1. The van der Waals surface area contributed by atoms with Crippen LogP contribution in [0.15, 0.2) is 4.99 Å².